The molecule has 0 fully saturated rings. The first-order valence-electron chi connectivity index (χ1n) is 4.82. The van der Waals surface area contributed by atoms with Crippen molar-refractivity contribution in [1.29, 1.82) is 0 Å². The van der Waals surface area contributed by atoms with E-state index < -0.39 is 5.97 Å². The number of aromatic nitrogens is 3. The molecule has 0 aliphatic rings. The number of ether oxygens (including phenoxy) is 1. The van der Waals surface area contributed by atoms with Gasteiger partial charge in [-0.15, -0.1) is 0 Å². The molecule has 2 aromatic rings. The van der Waals surface area contributed by atoms with Crippen LogP contribution >= 0.6 is 15.9 Å². The van der Waals surface area contributed by atoms with Crippen LogP contribution < -0.4 is 0 Å². The van der Waals surface area contributed by atoms with Gasteiger partial charge >= 0.3 is 5.97 Å². The van der Waals surface area contributed by atoms with Crippen molar-refractivity contribution in [3.05, 3.63) is 28.1 Å². The number of fused-ring (bicyclic) bond motifs is 1. The molecule has 2 aromatic heterocycles. The van der Waals surface area contributed by atoms with Crippen LogP contribution in [0.3, 0.4) is 0 Å². The Morgan fingerprint density at radius 1 is 1.62 bits per heavy atom. The fraction of sp³-hybridized carbons (Fsp3) is 0.300. The summed E-state index contributed by atoms with van der Waals surface area (Å²) in [6.45, 7) is 3.98. The van der Waals surface area contributed by atoms with Gasteiger partial charge in [-0.25, -0.2) is 14.3 Å². The molecule has 0 N–H and O–H groups in total. The molecule has 0 amide bonds. The van der Waals surface area contributed by atoms with Gasteiger partial charge in [0.05, 0.1) is 6.61 Å². The average Bonchev–Trinajstić information content (AvgIpc) is 2.56. The third-order valence-corrected chi connectivity index (χ3v) is 2.70. The molecule has 0 aliphatic heterocycles. The molecule has 5 nitrogen and oxygen atoms in total. The summed E-state index contributed by atoms with van der Waals surface area (Å²) in [7, 11) is 0. The SMILES string of the molecule is CCOC(=O)c1c(Br)nn2c(C)ccnc12. The standard InChI is InChI=1S/C10H10BrN3O2/c1-3-16-10(15)7-8(11)13-14-6(2)4-5-12-9(7)14/h4-5H,3H2,1-2H3. The summed E-state index contributed by atoms with van der Waals surface area (Å²) in [5, 5.41) is 4.19. The van der Waals surface area contributed by atoms with Crippen LogP contribution in [0.1, 0.15) is 23.0 Å². The van der Waals surface area contributed by atoms with Crippen molar-refractivity contribution in [3.63, 3.8) is 0 Å². The van der Waals surface area contributed by atoms with Crippen LogP contribution in [0, 0.1) is 6.92 Å². The number of hydrogen-bond acceptors (Lipinski definition) is 4. The fourth-order valence-corrected chi connectivity index (χ4v) is 1.91. The van der Waals surface area contributed by atoms with E-state index in [2.05, 4.69) is 26.0 Å². The van der Waals surface area contributed by atoms with Gasteiger partial charge in [-0.1, -0.05) is 0 Å². The zero-order valence-corrected chi connectivity index (χ0v) is 10.5. The predicted molar refractivity (Wildman–Crippen MR) is 61.4 cm³/mol. The maximum absolute atomic E-state index is 11.7. The molecule has 0 aromatic carbocycles. The van der Waals surface area contributed by atoms with Gasteiger partial charge in [0.15, 0.2) is 5.65 Å². The van der Waals surface area contributed by atoms with Crippen molar-refractivity contribution < 1.29 is 9.53 Å². The number of aryl methyl sites for hydroxylation is 1. The largest absolute Gasteiger partial charge is 0.462 e. The second-order valence-corrected chi connectivity index (χ2v) is 3.96. The first-order valence-corrected chi connectivity index (χ1v) is 5.61. The number of halogens is 1. The summed E-state index contributed by atoms with van der Waals surface area (Å²) in [4.78, 5) is 15.8. The topological polar surface area (TPSA) is 56.5 Å². The lowest BCUT2D eigenvalue weighted by atomic mass is 10.3. The van der Waals surface area contributed by atoms with Gasteiger partial charge in [0.2, 0.25) is 0 Å². The van der Waals surface area contributed by atoms with Crippen LogP contribution in [0.25, 0.3) is 5.65 Å². The van der Waals surface area contributed by atoms with E-state index in [1.165, 1.54) is 0 Å². The van der Waals surface area contributed by atoms with Crippen molar-refractivity contribution >= 4 is 27.5 Å². The minimum Gasteiger partial charge on any atom is -0.462 e. The predicted octanol–water partition coefficient (Wildman–Crippen LogP) is 1.98. The molecule has 0 saturated carbocycles. The Kier molecular flexibility index (Phi) is 2.91. The average molecular weight is 284 g/mol. The number of carbonyl (C=O) groups is 1. The number of esters is 1. The van der Waals surface area contributed by atoms with Crippen LogP contribution in [0.4, 0.5) is 0 Å². The number of rotatable bonds is 2. The molecular weight excluding hydrogens is 274 g/mol. The Balaban J connectivity index is 2.65. The molecule has 0 unspecified atom stereocenters. The van der Waals surface area contributed by atoms with Crippen molar-refractivity contribution in [2.45, 2.75) is 13.8 Å². The molecule has 2 rings (SSSR count). The van der Waals surface area contributed by atoms with E-state index in [0.717, 1.165) is 5.69 Å². The van der Waals surface area contributed by atoms with Gasteiger partial charge in [0.1, 0.15) is 10.2 Å². The van der Waals surface area contributed by atoms with Crippen LogP contribution in [-0.2, 0) is 4.74 Å². The zero-order valence-electron chi connectivity index (χ0n) is 8.90. The number of nitrogens with zero attached hydrogens (tertiary/aromatic N) is 3. The second-order valence-electron chi connectivity index (χ2n) is 3.21. The Morgan fingerprint density at radius 2 is 2.38 bits per heavy atom. The summed E-state index contributed by atoms with van der Waals surface area (Å²) >= 11 is 3.24. The highest BCUT2D eigenvalue weighted by atomic mass is 79.9. The van der Waals surface area contributed by atoms with Crippen molar-refractivity contribution in [1.82, 2.24) is 14.6 Å². The molecule has 0 spiro atoms. The third kappa shape index (κ3) is 1.69. The number of hydrogen-bond donors (Lipinski definition) is 0. The van der Waals surface area contributed by atoms with Gasteiger partial charge in [0.25, 0.3) is 0 Å². The molecule has 16 heavy (non-hydrogen) atoms. The summed E-state index contributed by atoms with van der Waals surface area (Å²) in [5.41, 5.74) is 1.78. The quantitative estimate of drug-likeness (QED) is 0.791. The summed E-state index contributed by atoms with van der Waals surface area (Å²) < 4.78 is 7.01. The maximum Gasteiger partial charge on any atom is 0.344 e. The lowest BCUT2D eigenvalue weighted by molar-refractivity contribution is 0.0527. The van der Waals surface area contributed by atoms with Gasteiger partial charge in [0, 0.05) is 11.9 Å². The lowest BCUT2D eigenvalue weighted by Gasteiger charge is -2.00. The number of carbonyl (C=O) groups excluding carboxylic acids is 1. The lowest BCUT2D eigenvalue weighted by Crippen LogP contribution is -2.05. The molecule has 0 saturated heterocycles. The molecule has 84 valence electrons. The Morgan fingerprint density at radius 3 is 3.06 bits per heavy atom. The minimum absolute atomic E-state index is 0.328. The van der Waals surface area contributed by atoms with Crippen molar-refractivity contribution in [3.8, 4) is 0 Å². The monoisotopic (exact) mass is 283 g/mol. The fourth-order valence-electron chi connectivity index (χ4n) is 1.41. The van der Waals surface area contributed by atoms with E-state index in [1.807, 2.05) is 13.0 Å². The third-order valence-electron chi connectivity index (χ3n) is 2.14. The van der Waals surface area contributed by atoms with Crippen LogP contribution in [-0.4, -0.2) is 27.2 Å². The first kappa shape index (κ1) is 11.1. The molecule has 0 radical (unpaired) electrons. The smallest absolute Gasteiger partial charge is 0.344 e. The van der Waals surface area contributed by atoms with Crippen molar-refractivity contribution in [2.24, 2.45) is 0 Å². The normalized spacial score (nSPS) is 10.7. The molecule has 6 heteroatoms. The van der Waals surface area contributed by atoms with E-state index >= 15 is 0 Å². The molecule has 0 atom stereocenters. The minimum atomic E-state index is -0.414. The molecular formula is C10H10BrN3O2. The Labute approximate surface area is 101 Å². The van der Waals surface area contributed by atoms with Gasteiger partial charge in [-0.2, -0.15) is 5.10 Å². The van der Waals surface area contributed by atoms with Crippen molar-refractivity contribution in [2.75, 3.05) is 6.61 Å². The van der Waals surface area contributed by atoms with Gasteiger partial charge in [-0.05, 0) is 35.8 Å². The van der Waals surface area contributed by atoms with E-state index in [9.17, 15) is 4.79 Å². The highest BCUT2D eigenvalue weighted by Crippen LogP contribution is 2.21. The Bertz CT molecular complexity index is 550. The molecule has 2 heterocycles. The van der Waals surface area contributed by atoms with Crippen LogP contribution in [0.15, 0.2) is 16.9 Å². The first-order chi connectivity index (χ1) is 7.65. The second kappa shape index (κ2) is 4.21. The van der Waals surface area contributed by atoms with E-state index in [-0.39, 0.29) is 0 Å². The highest BCUT2D eigenvalue weighted by molar-refractivity contribution is 9.10. The maximum atomic E-state index is 11.7. The van der Waals surface area contributed by atoms with Gasteiger partial charge in [-0.3, -0.25) is 0 Å². The summed E-state index contributed by atoms with van der Waals surface area (Å²) in [5.74, 6) is -0.414. The summed E-state index contributed by atoms with van der Waals surface area (Å²) in [6, 6.07) is 1.82. The molecule has 0 aliphatic carbocycles. The highest BCUT2D eigenvalue weighted by Gasteiger charge is 2.20. The van der Waals surface area contributed by atoms with E-state index in [4.69, 9.17) is 4.74 Å². The van der Waals surface area contributed by atoms with E-state index in [0.29, 0.717) is 22.4 Å². The van der Waals surface area contributed by atoms with E-state index in [1.54, 1.807) is 17.6 Å². The van der Waals surface area contributed by atoms with Gasteiger partial charge < -0.3 is 4.74 Å². The summed E-state index contributed by atoms with van der Waals surface area (Å²) in [6.07, 6.45) is 1.64. The zero-order chi connectivity index (χ0) is 11.7. The Hall–Kier alpha value is -1.43. The van der Waals surface area contributed by atoms with Crippen LogP contribution in [0.2, 0.25) is 0 Å². The molecule has 0 bridgehead atoms. The van der Waals surface area contributed by atoms with Crippen LogP contribution in [0.5, 0.6) is 0 Å².